The van der Waals surface area contributed by atoms with Crippen LogP contribution in [0.1, 0.15) is 51.1 Å². The number of pyridine rings is 1. The van der Waals surface area contributed by atoms with Crippen molar-refractivity contribution in [1.29, 1.82) is 0 Å². The SMILES string of the molecule is CCCCNc1nc(SCCC)nc2c1nnn2[C@@H]1C[C@H](C(=O)N(C)Cc2cccnc2)[C@@H](O)[C@H]1O. The van der Waals surface area contributed by atoms with E-state index in [1.165, 1.54) is 0 Å². The molecule has 3 heterocycles. The fourth-order valence-corrected chi connectivity index (χ4v) is 5.11. The number of aliphatic hydroxyl groups excluding tert-OH is 2. The summed E-state index contributed by atoms with van der Waals surface area (Å²) in [5.41, 5.74) is 1.88. The summed E-state index contributed by atoms with van der Waals surface area (Å²) in [5.74, 6) is 0.457. The minimum absolute atomic E-state index is 0.219. The maximum atomic E-state index is 13.2. The zero-order chi connectivity index (χ0) is 25.7. The molecule has 0 radical (unpaired) electrons. The van der Waals surface area contributed by atoms with Gasteiger partial charge in [0.25, 0.3) is 0 Å². The van der Waals surface area contributed by atoms with Gasteiger partial charge in [-0.25, -0.2) is 14.6 Å². The Morgan fingerprint density at radius 2 is 2.08 bits per heavy atom. The van der Waals surface area contributed by atoms with E-state index < -0.39 is 24.2 Å². The third-order valence-corrected chi connectivity index (χ3v) is 7.42. The molecule has 0 aliphatic heterocycles. The highest BCUT2D eigenvalue weighted by Gasteiger charge is 2.48. The molecule has 0 saturated heterocycles. The number of carbonyl (C=O) groups is 1. The lowest BCUT2D eigenvalue weighted by Gasteiger charge is -2.23. The summed E-state index contributed by atoms with van der Waals surface area (Å²) in [6.45, 7) is 5.32. The van der Waals surface area contributed by atoms with Gasteiger partial charge in [-0.2, -0.15) is 0 Å². The number of anilines is 1. The smallest absolute Gasteiger partial charge is 0.228 e. The lowest BCUT2D eigenvalue weighted by molar-refractivity contribution is -0.138. The van der Waals surface area contributed by atoms with Crippen LogP contribution in [0.15, 0.2) is 29.7 Å². The van der Waals surface area contributed by atoms with Crippen molar-refractivity contribution in [2.24, 2.45) is 5.92 Å². The molecule has 4 rings (SSSR count). The molecule has 0 unspecified atom stereocenters. The number of unbranched alkanes of at least 4 members (excludes halogenated alkanes) is 1. The summed E-state index contributed by atoms with van der Waals surface area (Å²) >= 11 is 1.55. The van der Waals surface area contributed by atoms with Crippen LogP contribution >= 0.6 is 11.8 Å². The third kappa shape index (κ3) is 5.60. The highest BCUT2D eigenvalue weighted by Crippen LogP contribution is 2.38. The number of nitrogens with zero attached hydrogens (tertiary/aromatic N) is 7. The number of nitrogens with one attached hydrogen (secondary N) is 1. The average molecular weight is 515 g/mol. The van der Waals surface area contributed by atoms with Crippen LogP contribution in [0.25, 0.3) is 11.2 Å². The number of aromatic nitrogens is 6. The van der Waals surface area contributed by atoms with Crippen LogP contribution in [0.2, 0.25) is 0 Å². The Hall–Kier alpha value is -2.83. The average Bonchev–Trinajstić information content (AvgIpc) is 3.43. The van der Waals surface area contributed by atoms with Crippen LogP contribution in [0.4, 0.5) is 5.82 Å². The molecule has 1 saturated carbocycles. The molecular weight excluding hydrogens is 480 g/mol. The van der Waals surface area contributed by atoms with E-state index in [-0.39, 0.29) is 12.3 Å². The number of aliphatic hydroxyl groups is 2. The molecule has 1 fully saturated rings. The topological polar surface area (TPSA) is 142 Å². The number of fused-ring (bicyclic) bond motifs is 1. The summed E-state index contributed by atoms with van der Waals surface area (Å²) in [7, 11) is 1.69. The van der Waals surface area contributed by atoms with Crippen molar-refractivity contribution >= 4 is 34.7 Å². The molecule has 4 atom stereocenters. The number of thioether (sulfide) groups is 1. The molecule has 194 valence electrons. The van der Waals surface area contributed by atoms with Crippen LogP contribution in [-0.4, -0.2) is 82.5 Å². The zero-order valence-electron chi connectivity index (χ0n) is 20.9. The van der Waals surface area contributed by atoms with Gasteiger partial charge >= 0.3 is 0 Å². The Kier molecular flexibility index (Phi) is 8.70. The lowest BCUT2D eigenvalue weighted by atomic mass is 10.0. The highest BCUT2D eigenvalue weighted by atomic mass is 32.2. The zero-order valence-corrected chi connectivity index (χ0v) is 21.7. The third-order valence-electron chi connectivity index (χ3n) is 6.36. The van der Waals surface area contributed by atoms with E-state index in [4.69, 9.17) is 0 Å². The van der Waals surface area contributed by atoms with Gasteiger partial charge in [-0.3, -0.25) is 9.78 Å². The quantitative estimate of drug-likeness (QED) is 0.198. The predicted octanol–water partition coefficient (Wildman–Crippen LogP) is 2.27. The minimum Gasteiger partial charge on any atom is -0.390 e. The van der Waals surface area contributed by atoms with Crippen LogP contribution in [-0.2, 0) is 11.3 Å². The Balaban J connectivity index is 1.59. The van der Waals surface area contributed by atoms with Crippen molar-refractivity contribution in [2.45, 2.75) is 69.5 Å². The molecule has 0 aromatic carbocycles. The largest absolute Gasteiger partial charge is 0.390 e. The summed E-state index contributed by atoms with van der Waals surface area (Å²) in [6, 6.07) is 3.06. The molecule has 36 heavy (non-hydrogen) atoms. The first kappa shape index (κ1) is 26.2. The Bertz CT molecular complexity index is 1160. The molecule has 0 spiro atoms. The molecule has 11 nitrogen and oxygen atoms in total. The number of rotatable bonds is 11. The predicted molar refractivity (Wildman–Crippen MR) is 137 cm³/mol. The summed E-state index contributed by atoms with van der Waals surface area (Å²) in [6.07, 6.45) is 4.20. The van der Waals surface area contributed by atoms with Crippen molar-refractivity contribution in [3.8, 4) is 0 Å². The van der Waals surface area contributed by atoms with Gasteiger partial charge in [-0.1, -0.05) is 43.3 Å². The number of amides is 1. The molecule has 3 aromatic rings. The number of hydrogen-bond acceptors (Lipinski definition) is 10. The Morgan fingerprint density at radius 3 is 2.81 bits per heavy atom. The van der Waals surface area contributed by atoms with Gasteiger partial charge in [-0.05, 0) is 30.9 Å². The molecule has 1 aliphatic rings. The van der Waals surface area contributed by atoms with Crippen LogP contribution in [0.5, 0.6) is 0 Å². The van der Waals surface area contributed by atoms with Gasteiger partial charge in [0.15, 0.2) is 22.1 Å². The Morgan fingerprint density at radius 1 is 1.25 bits per heavy atom. The number of hydrogen-bond donors (Lipinski definition) is 3. The van der Waals surface area contributed by atoms with E-state index in [0.29, 0.717) is 28.7 Å². The van der Waals surface area contributed by atoms with Gasteiger partial charge in [0.05, 0.1) is 18.1 Å². The van der Waals surface area contributed by atoms with E-state index in [1.807, 2.05) is 12.1 Å². The highest BCUT2D eigenvalue weighted by molar-refractivity contribution is 7.99. The van der Waals surface area contributed by atoms with E-state index in [1.54, 1.807) is 40.8 Å². The fraction of sp³-hybridized carbons (Fsp3) is 0.583. The summed E-state index contributed by atoms with van der Waals surface area (Å²) < 4.78 is 1.54. The van der Waals surface area contributed by atoms with E-state index in [2.05, 4.69) is 44.4 Å². The summed E-state index contributed by atoms with van der Waals surface area (Å²) in [4.78, 5) is 28.2. The standard InChI is InChI=1S/C24H34N8O3S/c1-4-6-10-26-21-18-22(28-24(27-21)36-11-5-2)32(30-29-18)17-12-16(19(33)20(17)34)23(35)31(3)14-15-8-7-9-25-13-15/h7-9,13,16-17,19-20,33-34H,4-6,10-12,14H2,1-3H3,(H,26,27,28)/t16-,17+,19+,20-/m0/s1. The van der Waals surface area contributed by atoms with E-state index >= 15 is 0 Å². The first-order chi connectivity index (χ1) is 17.4. The van der Waals surface area contributed by atoms with Gasteiger partial charge in [0.2, 0.25) is 5.91 Å². The second kappa shape index (κ2) is 11.9. The second-order valence-electron chi connectivity index (χ2n) is 9.14. The van der Waals surface area contributed by atoms with E-state index in [0.717, 1.165) is 37.1 Å². The van der Waals surface area contributed by atoms with Gasteiger partial charge < -0.3 is 20.4 Å². The molecule has 1 aliphatic carbocycles. The van der Waals surface area contributed by atoms with Crippen molar-refractivity contribution in [3.63, 3.8) is 0 Å². The van der Waals surface area contributed by atoms with Crippen LogP contribution in [0, 0.1) is 5.92 Å². The lowest BCUT2D eigenvalue weighted by Crippen LogP contribution is -2.39. The summed E-state index contributed by atoms with van der Waals surface area (Å²) in [5, 5.41) is 34.3. The van der Waals surface area contributed by atoms with Gasteiger partial charge in [0, 0.05) is 38.3 Å². The minimum atomic E-state index is -1.23. The molecule has 12 heteroatoms. The van der Waals surface area contributed by atoms with Crippen molar-refractivity contribution in [2.75, 3.05) is 24.7 Å². The van der Waals surface area contributed by atoms with Crippen molar-refractivity contribution in [3.05, 3.63) is 30.1 Å². The molecule has 1 amide bonds. The maximum Gasteiger partial charge on any atom is 0.228 e. The first-order valence-corrected chi connectivity index (χ1v) is 13.4. The molecule has 3 aromatic heterocycles. The Labute approximate surface area is 214 Å². The van der Waals surface area contributed by atoms with Crippen LogP contribution in [0.3, 0.4) is 0 Å². The van der Waals surface area contributed by atoms with Crippen molar-refractivity contribution < 1.29 is 15.0 Å². The molecule has 3 N–H and O–H groups in total. The first-order valence-electron chi connectivity index (χ1n) is 12.4. The molecule has 0 bridgehead atoms. The number of carbonyl (C=O) groups excluding carboxylic acids is 1. The van der Waals surface area contributed by atoms with Crippen molar-refractivity contribution in [1.82, 2.24) is 34.8 Å². The van der Waals surface area contributed by atoms with Gasteiger partial charge in [0.1, 0.15) is 6.10 Å². The monoisotopic (exact) mass is 514 g/mol. The second-order valence-corrected chi connectivity index (χ2v) is 10.2. The van der Waals surface area contributed by atoms with Crippen LogP contribution < -0.4 is 5.32 Å². The van der Waals surface area contributed by atoms with E-state index in [9.17, 15) is 15.0 Å². The van der Waals surface area contributed by atoms with Gasteiger partial charge in [-0.15, -0.1) is 5.10 Å². The fourth-order valence-electron chi connectivity index (χ4n) is 4.42. The maximum absolute atomic E-state index is 13.2. The normalized spacial score (nSPS) is 21.7. The molecular formula is C24H34N8O3S.